The molecule has 36 heavy (non-hydrogen) atoms. The van der Waals surface area contributed by atoms with Gasteiger partial charge in [0.25, 0.3) is 5.91 Å². The van der Waals surface area contributed by atoms with Crippen molar-refractivity contribution in [3.8, 4) is 22.3 Å². The van der Waals surface area contributed by atoms with Crippen LogP contribution in [0.2, 0.25) is 0 Å². The maximum atomic E-state index is 12.9. The first-order valence-corrected chi connectivity index (χ1v) is 12.4. The van der Waals surface area contributed by atoms with Gasteiger partial charge in [0.05, 0.1) is 36.4 Å². The maximum absolute atomic E-state index is 12.9. The number of thiazole rings is 1. The van der Waals surface area contributed by atoms with E-state index in [-0.39, 0.29) is 15.8 Å². The summed E-state index contributed by atoms with van der Waals surface area (Å²) in [5.41, 5.74) is 9.77. The maximum Gasteiger partial charge on any atom is 0.344 e. The Balaban J connectivity index is 1.29. The number of fused-ring (bicyclic) bond motifs is 2. The Morgan fingerprint density at radius 1 is 1.11 bits per heavy atom. The Morgan fingerprint density at radius 3 is 2.81 bits per heavy atom. The summed E-state index contributed by atoms with van der Waals surface area (Å²) in [6, 6.07) is 11.2. The summed E-state index contributed by atoms with van der Waals surface area (Å²) < 4.78 is 16.6. The predicted octanol–water partition coefficient (Wildman–Crippen LogP) is 2.77. The van der Waals surface area contributed by atoms with Crippen LogP contribution in [0.5, 0.6) is 10.8 Å². The monoisotopic (exact) mass is 505 g/mol. The summed E-state index contributed by atoms with van der Waals surface area (Å²) in [6.45, 7) is 4.67. The highest BCUT2D eigenvalue weighted by Crippen LogP contribution is 2.36. The van der Waals surface area contributed by atoms with E-state index in [2.05, 4.69) is 19.9 Å². The molecule has 0 saturated carbocycles. The molecule has 2 aromatic heterocycles. The molecule has 0 aliphatic carbocycles. The van der Waals surface area contributed by atoms with Crippen molar-refractivity contribution in [1.82, 2.24) is 19.9 Å². The lowest BCUT2D eigenvalue weighted by atomic mass is 10.1. The van der Waals surface area contributed by atoms with Crippen LogP contribution in [0.15, 0.2) is 36.4 Å². The third-order valence-corrected chi connectivity index (χ3v) is 7.15. The van der Waals surface area contributed by atoms with E-state index in [1.165, 1.54) is 0 Å². The van der Waals surface area contributed by atoms with Crippen molar-refractivity contribution in [2.24, 2.45) is 5.73 Å². The van der Waals surface area contributed by atoms with Gasteiger partial charge in [-0.1, -0.05) is 17.4 Å². The third-order valence-electron chi connectivity index (χ3n) is 6.20. The molecule has 11 heteroatoms. The molecule has 2 aromatic carbocycles. The summed E-state index contributed by atoms with van der Waals surface area (Å²) in [7, 11) is 0. The molecule has 0 radical (unpaired) electrons. The van der Waals surface area contributed by atoms with Crippen LogP contribution in [0.4, 0.5) is 0 Å². The zero-order valence-corrected chi connectivity index (χ0v) is 20.1. The second-order valence-electron chi connectivity index (χ2n) is 8.66. The first kappa shape index (κ1) is 22.7. The first-order valence-electron chi connectivity index (χ1n) is 11.6. The van der Waals surface area contributed by atoms with Gasteiger partial charge in [0.15, 0.2) is 16.5 Å². The van der Waals surface area contributed by atoms with Crippen molar-refractivity contribution in [1.29, 1.82) is 0 Å². The summed E-state index contributed by atoms with van der Waals surface area (Å²) in [6.07, 6.45) is 0.737. The van der Waals surface area contributed by atoms with Crippen molar-refractivity contribution in [2.45, 2.75) is 13.0 Å². The average Bonchev–Trinajstić information content (AvgIpc) is 3.61. The van der Waals surface area contributed by atoms with E-state index < -0.39 is 11.9 Å². The lowest BCUT2D eigenvalue weighted by molar-refractivity contribution is 0.0342. The van der Waals surface area contributed by atoms with Gasteiger partial charge in [0.2, 0.25) is 5.06 Å². The normalized spacial score (nSPS) is 15.6. The SMILES string of the molecule is NC(=O)c1nc(-c2nc3ccc(CN4CCOCC4)cc3[nH]2)c(OC(=O)c2ccc3c(c2)CCO3)s1. The topological polar surface area (TPSA) is 133 Å². The quantitative estimate of drug-likeness (QED) is 0.382. The van der Waals surface area contributed by atoms with Gasteiger partial charge in [0.1, 0.15) is 5.75 Å². The lowest BCUT2D eigenvalue weighted by Gasteiger charge is -2.26. The number of imidazole rings is 1. The average molecular weight is 506 g/mol. The highest BCUT2D eigenvalue weighted by molar-refractivity contribution is 7.16. The molecule has 6 rings (SSSR count). The number of carbonyl (C=O) groups excluding carboxylic acids is 2. The number of nitrogens with one attached hydrogen (secondary N) is 1. The number of H-pyrrole nitrogens is 1. The molecule has 0 unspecified atom stereocenters. The fraction of sp³-hybridized carbons (Fsp3) is 0.280. The number of ether oxygens (including phenoxy) is 3. The van der Waals surface area contributed by atoms with Gasteiger partial charge in [-0.2, -0.15) is 0 Å². The number of amides is 1. The van der Waals surface area contributed by atoms with Crippen LogP contribution >= 0.6 is 11.3 Å². The van der Waals surface area contributed by atoms with Crippen LogP contribution in [0.25, 0.3) is 22.6 Å². The van der Waals surface area contributed by atoms with E-state index in [0.29, 0.717) is 18.0 Å². The Kier molecular flexibility index (Phi) is 5.88. The van der Waals surface area contributed by atoms with E-state index in [4.69, 9.17) is 19.9 Å². The molecular formula is C25H23N5O5S. The Hall–Kier alpha value is -3.80. The summed E-state index contributed by atoms with van der Waals surface area (Å²) in [4.78, 5) is 39.3. The van der Waals surface area contributed by atoms with Gasteiger partial charge in [-0.3, -0.25) is 9.69 Å². The Morgan fingerprint density at radius 2 is 1.97 bits per heavy atom. The van der Waals surface area contributed by atoms with E-state index in [1.807, 2.05) is 18.2 Å². The number of aromatic amines is 1. The fourth-order valence-corrected chi connectivity index (χ4v) is 5.14. The number of carbonyl (C=O) groups is 2. The minimum absolute atomic E-state index is 0.0311. The number of primary amides is 1. The van der Waals surface area contributed by atoms with Gasteiger partial charge in [-0.15, -0.1) is 0 Å². The molecule has 4 aromatic rings. The molecular weight excluding hydrogens is 482 g/mol. The molecule has 4 heterocycles. The third kappa shape index (κ3) is 4.43. The minimum Gasteiger partial charge on any atom is -0.493 e. The predicted molar refractivity (Wildman–Crippen MR) is 132 cm³/mol. The van der Waals surface area contributed by atoms with E-state index in [1.54, 1.807) is 18.2 Å². The number of rotatable bonds is 6. The standard InChI is InChI=1S/C25H23N5O5S/c26-21(31)23-29-20(25(36-23)35-24(32)16-2-4-19-15(12-16)5-8-34-19)22-27-17-3-1-14(11-18(17)28-22)13-30-6-9-33-10-7-30/h1-4,11-12H,5-10,13H2,(H2,26,31)(H,27,28). The van der Waals surface area contributed by atoms with Crippen molar-refractivity contribution >= 4 is 34.2 Å². The molecule has 1 fully saturated rings. The molecule has 2 aliphatic heterocycles. The zero-order valence-electron chi connectivity index (χ0n) is 19.3. The number of esters is 1. The molecule has 184 valence electrons. The molecule has 0 spiro atoms. The first-order chi connectivity index (χ1) is 17.5. The smallest absolute Gasteiger partial charge is 0.344 e. The second-order valence-corrected chi connectivity index (χ2v) is 9.62. The van der Waals surface area contributed by atoms with Gasteiger partial charge in [0, 0.05) is 26.1 Å². The highest BCUT2D eigenvalue weighted by atomic mass is 32.1. The zero-order chi connectivity index (χ0) is 24.6. The van der Waals surface area contributed by atoms with E-state index >= 15 is 0 Å². The van der Waals surface area contributed by atoms with Gasteiger partial charge in [-0.05, 0) is 41.5 Å². The largest absolute Gasteiger partial charge is 0.493 e. The molecule has 3 N–H and O–H groups in total. The van der Waals surface area contributed by atoms with Crippen molar-refractivity contribution in [3.63, 3.8) is 0 Å². The van der Waals surface area contributed by atoms with Crippen molar-refractivity contribution in [2.75, 3.05) is 32.9 Å². The van der Waals surface area contributed by atoms with Crippen LogP contribution in [-0.2, 0) is 17.7 Å². The Labute approximate surface area is 210 Å². The van der Waals surface area contributed by atoms with Crippen LogP contribution in [0.1, 0.15) is 31.3 Å². The lowest BCUT2D eigenvalue weighted by Crippen LogP contribution is -2.35. The van der Waals surface area contributed by atoms with Crippen molar-refractivity contribution in [3.05, 3.63) is 58.1 Å². The summed E-state index contributed by atoms with van der Waals surface area (Å²) in [5, 5.41) is 0.182. The molecule has 0 atom stereocenters. The summed E-state index contributed by atoms with van der Waals surface area (Å²) >= 11 is 0.915. The number of aromatic nitrogens is 3. The number of nitrogens with two attached hydrogens (primary N) is 1. The van der Waals surface area contributed by atoms with Gasteiger partial charge < -0.3 is 24.9 Å². The van der Waals surface area contributed by atoms with Crippen LogP contribution in [-0.4, -0.2) is 64.6 Å². The number of hydrogen-bond acceptors (Lipinski definition) is 9. The minimum atomic E-state index is -0.706. The van der Waals surface area contributed by atoms with Gasteiger partial charge >= 0.3 is 5.97 Å². The van der Waals surface area contributed by atoms with E-state index in [9.17, 15) is 9.59 Å². The van der Waals surface area contributed by atoms with Crippen LogP contribution < -0.4 is 15.2 Å². The molecule has 10 nitrogen and oxygen atoms in total. The number of morpholine rings is 1. The molecule has 0 bridgehead atoms. The number of benzene rings is 2. The summed E-state index contributed by atoms with van der Waals surface area (Å²) in [5.74, 6) is -0.101. The fourth-order valence-electron chi connectivity index (χ4n) is 4.37. The highest BCUT2D eigenvalue weighted by Gasteiger charge is 2.24. The van der Waals surface area contributed by atoms with Crippen LogP contribution in [0, 0.1) is 0 Å². The van der Waals surface area contributed by atoms with Crippen molar-refractivity contribution < 1.29 is 23.8 Å². The second kappa shape index (κ2) is 9.34. The molecule has 1 amide bonds. The van der Waals surface area contributed by atoms with E-state index in [0.717, 1.165) is 78.5 Å². The Bertz CT molecular complexity index is 1470. The number of hydrogen-bond donors (Lipinski definition) is 2. The molecule has 1 saturated heterocycles. The van der Waals surface area contributed by atoms with Crippen LogP contribution in [0.3, 0.4) is 0 Å². The van der Waals surface area contributed by atoms with Gasteiger partial charge in [-0.25, -0.2) is 14.8 Å². The molecule has 2 aliphatic rings. The number of nitrogens with zero attached hydrogens (tertiary/aromatic N) is 3.